The van der Waals surface area contributed by atoms with Crippen molar-refractivity contribution in [1.29, 1.82) is 0 Å². The standard InChI is InChI=1S/C8H10O.2C7H8O.CH2O/c1-6-4-3-5-8(9)7(6)2;1-6-2-4-7(8)5-3-6;1-6-4-2-3-5-7(6)8;1-2/h3-5,9H,1-2H3;2*2-5,8H,1H3;1H2. The lowest BCUT2D eigenvalue weighted by Crippen LogP contribution is -1.78. The first kappa shape index (κ1) is 23.7. The van der Waals surface area contributed by atoms with Crippen molar-refractivity contribution in [2.24, 2.45) is 0 Å². The molecule has 144 valence electrons. The van der Waals surface area contributed by atoms with E-state index in [9.17, 15) is 0 Å². The van der Waals surface area contributed by atoms with E-state index < -0.39 is 0 Å². The molecule has 0 aliphatic carbocycles. The summed E-state index contributed by atoms with van der Waals surface area (Å²) in [4.78, 5) is 8.00. The van der Waals surface area contributed by atoms with E-state index in [0.29, 0.717) is 17.2 Å². The summed E-state index contributed by atoms with van der Waals surface area (Å²) < 4.78 is 0. The molecule has 0 saturated carbocycles. The van der Waals surface area contributed by atoms with Crippen LogP contribution in [0.3, 0.4) is 0 Å². The van der Waals surface area contributed by atoms with Crippen molar-refractivity contribution in [2.75, 3.05) is 0 Å². The Morgan fingerprint density at radius 2 is 1.07 bits per heavy atom. The number of hydrogen-bond acceptors (Lipinski definition) is 4. The Balaban J connectivity index is 0.000000359. The molecule has 3 aromatic carbocycles. The molecule has 3 N–H and O–H groups in total. The number of benzene rings is 3. The van der Waals surface area contributed by atoms with Gasteiger partial charge in [0, 0.05) is 0 Å². The Labute approximate surface area is 161 Å². The highest BCUT2D eigenvalue weighted by atomic mass is 16.3. The molecule has 0 aliphatic rings. The predicted octanol–water partition coefficient (Wildman–Crippen LogP) is 5.23. The molecule has 0 spiro atoms. The normalized spacial score (nSPS) is 8.74. The minimum atomic E-state index is 0.329. The first-order valence-corrected chi connectivity index (χ1v) is 8.35. The highest BCUT2D eigenvalue weighted by Gasteiger charge is 1.94. The predicted molar refractivity (Wildman–Crippen MR) is 110 cm³/mol. The summed E-state index contributed by atoms with van der Waals surface area (Å²) in [6.45, 7) is 9.74. The second-order valence-corrected chi connectivity index (χ2v) is 5.84. The molecular weight excluding hydrogens is 340 g/mol. The van der Waals surface area contributed by atoms with Crippen LogP contribution in [0.4, 0.5) is 0 Å². The van der Waals surface area contributed by atoms with Crippen molar-refractivity contribution in [3.05, 3.63) is 89.0 Å². The smallest absolute Gasteiger partial charge is 0.118 e. The summed E-state index contributed by atoms with van der Waals surface area (Å²) in [5.74, 6) is 1.08. The number of rotatable bonds is 0. The molecule has 0 aliphatic heterocycles. The number of aromatic hydroxyl groups is 3. The average Bonchev–Trinajstić information content (AvgIpc) is 2.67. The number of carbonyl (C=O) groups is 1. The van der Waals surface area contributed by atoms with Gasteiger partial charge in [0.2, 0.25) is 0 Å². The highest BCUT2D eigenvalue weighted by Crippen LogP contribution is 2.17. The summed E-state index contributed by atoms with van der Waals surface area (Å²) in [5.41, 5.74) is 4.20. The Hall–Kier alpha value is -3.27. The van der Waals surface area contributed by atoms with Gasteiger partial charge in [-0.3, -0.25) is 0 Å². The number of phenolic OH excluding ortho intramolecular Hbond substituents is 3. The zero-order valence-corrected chi connectivity index (χ0v) is 16.3. The number of para-hydroxylation sites is 1. The molecule has 0 saturated heterocycles. The Kier molecular flexibility index (Phi) is 11.4. The molecule has 4 heteroatoms. The summed E-state index contributed by atoms with van der Waals surface area (Å²) in [7, 11) is 0. The van der Waals surface area contributed by atoms with Crippen LogP contribution < -0.4 is 0 Å². The van der Waals surface area contributed by atoms with Gasteiger partial charge in [-0.15, -0.1) is 0 Å². The van der Waals surface area contributed by atoms with E-state index in [4.69, 9.17) is 20.1 Å². The van der Waals surface area contributed by atoms with Gasteiger partial charge in [-0.25, -0.2) is 0 Å². The molecule has 0 unspecified atom stereocenters. The zero-order valence-electron chi connectivity index (χ0n) is 16.3. The summed E-state index contributed by atoms with van der Waals surface area (Å²) in [6, 6.07) is 19.9. The van der Waals surface area contributed by atoms with Gasteiger partial charge in [-0.05, 0) is 68.7 Å². The maximum absolute atomic E-state index is 9.10. The van der Waals surface area contributed by atoms with Crippen molar-refractivity contribution in [1.82, 2.24) is 0 Å². The Bertz CT molecular complexity index is 733. The fourth-order valence-electron chi connectivity index (χ4n) is 1.84. The van der Waals surface area contributed by atoms with Crippen LogP contribution in [-0.4, -0.2) is 22.1 Å². The highest BCUT2D eigenvalue weighted by molar-refractivity contribution is 5.36. The number of hydrogen-bond donors (Lipinski definition) is 3. The number of aryl methyl sites for hydroxylation is 3. The van der Waals surface area contributed by atoms with Gasteiger partial charge < -0.3 is 20.1 Å². The maximum atomic E-state index is 9.10. The minimum absolute atomic E-state index is 0.329. The molecule has 3 aromatic rings. The van der Waals surface area contributed by atoms with Crippen LogP contribution in [-0.2, 0) is 4.79 Å². The second kappa shape index (κ2) is 13.0. The van der Waals surface area contributed by atoms with Crippen LogP contribution in [0.15, 0.2) is 66.7 Å². The van der Waals surface area contributed by atoms with E-state index in [1.54, 1.807) is 24.3 Å². The van der Waals surface area contributed by atoms with Gasteiger partial charge in [-0.2, -0.15) is 0 Å². The topological polar surface area (TPSA) is 77.8 Å². The van der Waals surface area contributed by atoms with E-state index in [2.05, 4.69) is 0 Å². The molecule has 0 atom stereocenters. The van der Waals surface area contributed by atoms with E-state index in [1.165, 1.54) is 5.56 Å². The molecule has 0 heterocycles. The van der Waals surface area contributed by atoms with Gasteiger partial charge in [0.15, 0.2) is 0 Å². The van der Waals surface area contributed by atoms with E-state index >= 15 is 0 Å². The van der Waals surface area contributed by atoms with Crippen LogP contribution in [0.2, 0.25) is 0 Å². The van der Waals surface area contributed by atoms with Gasteiger partial charge >= 0.3 is 0 Å². The van der Waals surface area contributed by atoms with Gasteiger partial charge in [0.05, 0.1) is 0 Å². The Morgan fingerprint density at radius 1 is 0.593 bits per heavy atom. The van der Waals surface area contributed by atoms with Crippen LogP contribution in [0.25, 0.3) is 0 Å². The van der Waals surface area contributed by atoms with Crippen LogP contribution in [0.5, 0.6) is 17.2 Å². The molecule has 0 amide bonds. The van der Waals surface area contributed by atoms with E-state index in [-0.39, 0.29) is 0 Å². The van der Waals surface area contributed by atoms with Gasteiger partial charge in [-0.1, -0.05) is 48.0 Å². The Morgan fingerprint density at radius 3 is 1.44 bits per heavy atom. The lowest BCUT2D eigenvalue weighted by atomic mass is 10.1. The first-order chi connectivity index (χ1) is 12.8. The first-order valence-electron chi connectivity index (χ1n) is 8.35. The van der Waals surface area contributed by atoms with E-state index in [1.807, 2.05) is 76.9 Å². The molecule has 0 bridgehead atoms. The molecule has 0 radical (unpaired) electrons. The quantitative estimate of drug-likeness (QED) is 0.508. The third kappa shape index (κ3) is 9.70. The van der Waals surface area contributed by atoms with E-state index in [0.717, 1.165) is 16.7 Å². The number of carbonyl (C=O) groups excluding carboxylic acids is 1. The van der Waals surface area contributed by atoms with Crippen molar-refractivity contribution < 1.29 is 20.1 Å². The van der Waals surface area contributed by atoms with Gasteiger partial charge in [0.1, 0.15) is 24.0 Å². The maximum Gasteiger partial charge on any atom is 0.118 e. The lowest BCUT2D eigenvalue weighted by molar-refractivity contribution is -0.0979. The third-order valence-corrected chi connectivity index (χ3v) is 3.73. The average molecular weight is 368 g/mol. The lowest BCUT2D eigenvalue weighted by Gasteiger charge is -1.99. The van der Waals surface area contributed by atoms with Crippen LogP contribution in [0, 0.1) is 27.7 Å². The van der Waals surface area contributed by atoms with Crippen molar-refractivity contribution in [3.8, 4) is 17.2 Å². The minimum Gasteiger partial charge on any atom is -0.508 e. The second-order valence-electron chi connectivity index (χ2n) is 5.84. The van der Waals surface area contributed by atoms with Crippen LogP contribution in [0.1, 0.15) is 22.3 Å². The summed E-state index contributed by atoms with van der Waals surface area (Å²) in [6.07, 6.45) is 0. The summed E-state index contributed by atoms with van der Waals surface area (Å²) in [5, 5.41) is 26.8. The third-order valence-electron chi connectivity index (χ3n) is 3.73. The number of phenols is 3. The molecule has 0 aromatic heterocycles. The SMILES string of the molecule is C=O.Cc1ccc(O)cc1.Cc1cccc(O)c1C.Cc1ccccc1O. The van der Waals surface area contributed by atoms with Crippen LogP contribution >= 0.6 is 0 Å². The molecular formula is C23H28O4. The molecule has 3 rings (SSSR count). The molecule has 4 nitrogen and oxygen atoms in total. The molecule has 0 fully saturated rings. The largest absolute Gasteiger partial charge is 0.508 e. The zero-order chi connectivity index (χ0) is 20.8. The molecule has 27 heavy (non-hydrogen) atoms. The van der Waals surface area contributed by atoms with Crippen molar-refractivity contribution >= 4 is 6.79 Å². The van der Waals surface area contributed by atoms with Crippen molar-refractivity contribution in [2.45, 2.75) is 27.7 Å². The van der Waals surface area contributed by atoms with Gasteiger partial charge in [0.25, 0.3) is 0 Å². The summed E-state index contributed by atoms with van der Waals surface area (Å²) >= 11 is 0. The van der Waals surface area contributed by atoms with Crippen molar-refractivity contribution in [3.63, 3.8) is 0 Å². The monoisotopic (exact) mass is 368 g/mol. The fraction of sp³-hybridized carbons (Fsp3) is 0.174. The fourth-order valence-corrected chi connectivity index (χ4v) is 1.84.